The smallest absolute Gasteiger partial charge is 0.331 e. The molecule has 1 aliphatic heterocycles. The van der Waals surface area contributed by atoms with Crippen LogP contribution in [0.2, 0.25) is 0 Å². The zero-order valence-electron chi connectivity index (χ0n) is 20.1. The number of hydrogen-bond donors (Lipinski definition) is 1. The van der Waals surface area contributed by atoms with E-state index < -0.39 is 17.8 Å². The maximum Gasteiger partial charge on any atom is 0.331 e. The minimum Gasteiger partial charge on any atom is -0.492 e. The second-order valence-corrected chi connectivity index (χ2v) is 9.71. The number of halogens is 1. The molecular weight excluding hydrogens is 534 g/mol. The molecule has 4 amide bonds. The number of aryl methyl sites for hydroxylation is 1. The molecule has 1 fully saturated rings. The van der Waals surface area contributed by atoms with Crippen LogP contribution in [0.4, 0.5) is 4.79 Å². The minimum atomic E-state index is -0.727. The van der Waals surface area contributed by atoms with Crippen molar-refractivity contribution in [2.75, 3.05) is 6.61 Å². The van der Waals surface area contributed by atoms with Gasteiger partial charge >= 0.3 is 6.03 Å². The number of hydrogen-bond acceptors (Lipinski definition) is 4. The predicted octanol–water partition coefficient (Wildman–Crippen LogP) is 5.45. The van der Waals surface area contributed by atoms with Crippen LogP contribution in [-0.2, 0) is 22.7 Å². The quantitative estimate of drug-likeness (QED) is 0.242. The van der Waals surface area contributed by atoms with Crippen LogP contribution in [0.5, 0.6) is 5.75 Å². The molecule has 8 heteroatoms. The number of imide groups is 2. The fourth-order valence-corrected chi connectivity index (χ4v) is 4.61. The molecule has 2 heterocycles. The van der Waals surface area contributed by atoms with Gasteiger partial charge in [-0.05, 0) is 48.9 Å². The van der Waals surface area contributed by atoms with Gasteiger partial charge in [0.05, 0.1) is 13.1 Å². The second-order valence-electron chi connectivity index (χ2n) is 8.80. The summed E-state index contributed by atoms with van der Waals surface area (Å²) in [7, 11) is 0. The lowest BCUT2D eigenvalue weighted by molar-refractivity contribution is -0.130. The van der Waals surface area contributed by atoms with E-state index in [2.05, 4.69) is 21.2 Å². The Labute approximate surface area is 222 Å². The lowest BCUT2D eigenvalue weighted by atomic mass is 10.1. The first kappa shape index (κ1) is 24.5. The maximum absolute atomic E-state index is 13.3. The molecular formula is C29H24BrN3O4. The number of nitrogens with one attached hydrogen (secondary N) is 1. The molecule has 0 aliphatic carbocycles. The van der Waals surface area contributed by atoms with Crippen molar-refractivity contribution in [3.8, 4) is 5.75 Å². The van der Waals surface area contributed by atoms with Crippen LogP contribution < -0.4 is 10.1 Å². The number of aromatic nitrogens is 1. The highest BCUT2D eigenvalue weighted by molar-refractivity contribution is 9.10. The predicted molar refractivity (Wildman–Crippen MR) is 145 cm³/mol. The van der Waals surface area contributed by atoms with Crippen LogP contribution in [0, 0.1) is 6.92 Å². The van der Waals surface area contributed by atoms with Crippen LogP contribution in [0.15, 0.2) is 89.0 Å². The van der Waals surface area contributed by atoms with Crippen molar-refractivity contribution in [1.82, 2.24) is 14.8 Å². The molecule has 0 unspecified atom stereocenters. The van der Waals surface area contributed by atoms with Gasteiger partial charge in [-0.25, -0.2) is 4.79 Å². The van der Waals surface area contributed by atoms with Crippen LogP contribution in [-0.4, -0.2) is 33.9 Å². The third-order valence-electron chi connectivity index (χ3n) is 6.17. The van der Waals surface area contributed by atoms with E-state index in [-0.39, 0.29) is 12.1 Å². The standard InChI is InChI=1S/C29H24BrN3O4/c1-19-7-10-23(11-8-19)37-14-13-32-18-21(24-16-22(30)9-12-26(24)32)15-25-27(34)31-29(36)33(28(25)35)17-20-5-3-2-4-6-20/h2-12,15-16,18H,13-14,17H2,1H3,(H,31,34,36)/b25-15+. The highest BCUT2D eigenvalue weighted by Gasteiger charge is 2.35. The van der Waals surface area contributed by atoms with Crippen LogP contribution >= 0.6 is 15.9 Å². The number of urea groups is 1. The Kier molecular flexibility index (Phi) is 6.92. The summed E-state index contributed by atoms with van der Waals surface area (Å²) in [6.45, 7) is 3.10. The number of carbonyl (C=O) groups excluding carboxylic acids is 3. The fraction of sp³-hybridized carbons (Fsp3) is 0.138. The Morgan fingerprint density at radius 3 is 2.49 bits per heavy atom. The van der Waals surface area contributed by atoms with Crippen molar-refractivity contribution in [1.29, 1.82) is 0 Å². The van der Waals surface area contributed by atoms with E-state index in [1.165, 1.54) is 0 Å². The molecule has 0 bridgehead atoms. The topological polar surface area (TPSA) is 80.6 Å². The SMILES string of the molecule is Cc1ccc(OCCn2cc(/C=C3\C(=O)NC(=O)N(Cc4ccccc4)C3=O)c3cc(Br)ccc32)cc1. The van der Waals surface area contributed by atoms with E-state index in [1.54, 1.807) is 6.08 Å². The summed E-state index contributed by atoms with van der Waals surface area (Å²) in [5, 5.41) is 3.16. The molecule has 1 aliphatic rings. The monoisotopic (exact) mass is 557 g/mol. The molecule has 1 saturated heterocycles. The summed E-state index contributed by atoms with van der Waals surface area (Å²) in [4.78, 5) is 39.5. The molecule has 0 saturated carbocycles. The average Bonchev–Trinajstić information content (AvgIpc) is 3.22. The zero-order chi connectivity index (χ0) is 25.9. The molecule has 1 aromatic heterocycles. The van der Waals surface area contributed by atoms with E-state index in [1.807, 2.05) is 90.5 Å². The van der Waals surface area contributed by atoms with Gasteiger partial charge in [0.15, 0.2) is 0 Å². The number of barbiturate groups is 1. The lowest BCUT2D eigenvalue weighted by Gasteiger charge is -2.26. The first-order valence-corrected chi connectivity index (χ1v) is 12.6. The summed E-state index contributed by atoms with van der Waals surface area (Å²) >= 11 is 3.51. The highest BCUT2D eigenvalue weighted by atomic mass is 79.9. The summed E-state index contributed by atoms with van der Waals surface area (Å²) in [5.41, 5.74) is 3.49. The second kappa shape index (κ2) is 10.4. The van der Waals surface area contributed by atoms with Crippen LogP contribution in [0.1, 0.15) is 16.7 Å². The molecule has 37 heavy (non-hydrogen) atoms. The Balaban J connectivity index is 1.43. The number of fused-ring (bicyclic) bond motifs is 1. The van der Waals surface area contributed by atoms with E-state index >= 15 is 0 Å². The van der Waals surface area contributed by atoms with Gasteiger partial charge in [0.25, 0.3) is 11.8 Å². The number of amides is 4. The Hall–Kier alpha value is -4.17. The Bertz CT molecular complexity index is 1520. The van der Waals surface area contributed by atoms with E-state index in [0.29, 0.717) is 18.7 Å². The van der Waals surface area contributed by atoms with Gasteiger partial charge in [0.2, 0.25) is 0 Å². The van der Waals surface area contributed by atoms with Gasteiger partial charge in [-0.3, -0.25) is 19.8 Å². The molecule has 5 rings (SSSR count). The molecule has 1 N–H and O–H groups in total. The van der Waals surface area contributed by atoms with Crippen LogP contribution in [0.25, 0.3) is 17.0 Å². The van der Waals surface area contributed by atoms with Crippen molar-refractivity contribution in [2.24, 2.45) is 0 Å². The highest BCUT2D eigenvalue weighted by Crippen LogP contribution is 2.28. The molecule has 3 aromatic carbocycles. The fourth-order valence-electron chi connectivity index (χ4n) is 4.25. The third-order valence-corrected chi connectivity index (χ3v) is 6.66. The van der Waals surface area contributed by atoms with Gasteiger partial charge in [0, 0.05) is 27.1 Å². The molecule has 7 nitrogen and oxygen atoms in total. The van der Waals surface area contributed by atoms with Gasteiger partial charge in [-0.1, -0.05) is 64.0 Å². The molecule has 0 spiro atoms. The summed E-state index contributed by atoms with van der Waals surface area (Å²) in [6, 6.07) is 22.2. The maximum atomic E-state index is 13.3. The van der Waals surface area contributed by atoms with Gasteiger partial charge in [-0.15, -0.1) is 0 Å². The molecule has 0 radical (unpaired) electrons. The Morgan fingerprint density at radius 2 is 1.73 bits per heavy atom. The summed E-state index contributed by atoms with van der Waals surface area (Å²) in [5.74, 6) is -0.547. The Morgan fingerprint density at radius 1 is 0.973 bits per heavy atom. The van der Waals surface area contributed by atoms with E-state index in [4.69, 9.17) is 4.74 Å². The van der Waals surface area contributed by atoms with Crippen molar-refractivity contribution < 1.29 is 19.1 Å². The first-order chi connectivity index (χ1) is 17.9. The zero-order valence-corrected chi connectivity index (χ0v) is 21.7. The largest absolute Gasteiger partial charge is 0.492 e. The number of nitrogens with zero attached hydrogens (tertiary/aromatic N) is 2. The van der Waals surface area contributed by atoms with Crippen molar-refractivity contribution in [3.63, 3.8) is 0 Å². The third kappa shape index (κ3) is 5.34. The van der Waals surface area contributed by atoms with Gasteiger partial charge in [0.1, 0.15) is 17.9 Å². The van der Waals surface area contributed by atoms with Crippen LogP contribution in [0.3, 0.4) is 0 Å². The number of benzene rings is 3. The van der Waals surface area contributed by atoms with Crippen molar-refractivity contribution in [3.05, 3.63) is 106 Å². The van der Waals surface area contributed by atoms with Crippen molar-refractivity contribution in [2.45, 2.75) is 20.0 Å². The minimum absolute atomic E-state index is 0.0692. The number of rotatable bonds is 7. The lowest BCUT2D eigenvalue weighted by Crippen LogP contribution is -2.53. The van der Waals surface area contributed by atoms with Gasteiger partial charge < -0.3 is 9.30 Å². The number of ether oxygens (including phenoxy) is 1. The normalized spacial score (nSPS) is 14.9. The van der Waals surface area contributed by atoms with E-state index in [9.17, 15) is 14.4 Å². The molecule has 0 atom stereocenters. The average molecular weight is 558 g/mol. The van der Waals surface area contributed by atoms with Gasteiger partial charge in [-0.2, -0.15) is 0 Å². The van der Waals surface area contributed by atoms with Crippen molar-refractivity contribution >= 4 is 50.8 Å². The van der Waals surface area contributed by atoms with E-state index in [0.717, 1.165) is 37.2 Å². The summed E-state index contributed by atoms with van der Waals surface area (Å²) in [6.07, 6.45) is 3.44. The molecule has 4 aromatic rings. The first-order valence-electron chi connectivity index (χ1n) is 11.8. The molecule has 186 valence electrons. The summed E-state index contributed by atoms with van der Waals surface area (Å²) < 4.78 is 8.80. The number of carbonyl (C=O) groups is 3.